The fourth-order valence-corrected chi connectivity index (χ4v) is 4.65. The highest BCUT2D eigenvalue weighted by Gasteiger charge is 2.41. The Morgan fingerprint density at radius 3 is 2.69 bits per heavy atom. The number of nitrogens with zero attached hydrogens (tertiary/aromatic N) is 3. The van der Waals surface area contributed by atoms with E-state index in [1.807, 2.05) is 56.0 Å². The van der Waals surface area contributed by atoms with Crippen LogP contribution in [0.4, 0.5) is 0 Å². The number of carbonyl (C=O) groups excluding carboxylic acids is 2. The van der Waals surface area contributed by atoms with Crippen LogP contribution in [0.15, 0.2) is 34.9 Å². The first kappa shape index (κ1) is 19.6. The lowest BCUT2D eigenvalue weighted by molar-refractivity contribution is -0.122. The predicted octanol–water partition coefficient (Wildman–Crippen LogP) is 2.11. The molecule has 1 unspecified atom stereocenters. The second-order valence-electron chi connectivity index (χ2n) is 8.12. The largest absolute Gasteiger partial charge is 0.361 e. The highest BCUT2D eigenvalue weighted by Crippen LogP contribution is 2.27. The lowest BCUT2D eigenvalue weighted by Gasteiger charge is -2.40. The molecular weight excluding hydrogens is 368 g/mol. The molecule has 4 rings (SSSR count). The van der Waals surface area contributed by atoms with Gasteiger partial charge in [0.05, 0.1) is 11.6 Å². The molecule has 0 spiro atoms. The molecule has 0 radical (unpaired) electrons. The van der Waals surface area contributed by atoms with Gasteiger partial charge in [-0.15, -0.1) is 0 Å². The molecule has 0 aliphatic carbocycles. The van der Waals surface area contributed by atoms with Crippen LogP contribution in [0.3, 0.4) is 0 Å². The molecule has 1 N–H and O–H groups in total. The Bertz CT molecular complexity index is 875. The van der Waals surface area contributed by atoms with Crippen molar-refractivity contribution in [3.05, 3.63) is 52.9 Å². The molecule has 3 heterocycles. The summed E-state index contributed by atoms with van der Waals surface area (Å²) >= 11 is 0. The quantitative estimate of drug-likeness (QED) is 0.838. The third kappa shape index (κ3) is 3.79. The molecule has 1 aromatic heterocycles. The van der Waals surface area contributed by atoms with Gasteiger partial charge >= 0.3 is 0 Å². The molecule has 2 aliphatic rings. The number of carbonyl (C=O) groups is 2. The van der Waals surface area contributed by atoms with Crippen molar-refractivity contribution in [3.8, 4) is 0 Å². The lowest BCUT2D eigenvalue weighted by Crippen LogP contribution is -2.57. The maximum absolute atomic E-state index is 13.0. The summed E-state index contributed by atoms with van der Waals surface area (Å²) in [6.45, 7) is 8.56. The van der Waals surface area contributed by atoms with Gasteiger partial charge in [0.15, 0.2) is 0 Å². The van der Waals surface area contributed by atoms with Crippen LogP contribution in [0.25, 0.3) is 0 Å². The van der Waals surface area contributed by atoms with Crippen molar-refractivity contribution in [2.75, 3.05) is 26.2 Å². The third-order valence-corrected chi connectivity index (χ3v) is 6.27. The van der Waals surface area contributed by atoms with Crippen LogP contribution in [-0.2, 0) is 4.79 Å². The summed E-state index contributed by atoms with van der Waals surface area (Å²) in [6.07, 6.45) is 0.985. The standard InChI is InChI=1S/C22H28N4O3/c1-14(20-15(2)24-29-16(20)3)21(27)23-11-19-13-26(18-9-10-25(19)12-18)22(28)17-7-5-4-6-8-17/h4-8,14,18-19H,9-13H2,1-3H3,(H,23,27)/t14-,18-,19+/m0/s1. The van der Waals surface area contributed by atoms with E-state index in [-0.39, 0.29) is 29.8 Å². The zero-order chi connectivity index (χ0) is 20.5. The Balaban J connectivity index is 1.41. The van der Waals surface area contributed by atoms with Gasteiger partial charge in [0.1, 0.15) is 5.76 Å². The summed E-state index contributed by atoms with van der Waals surface area (Å²) in [5, 5.41) is 7.04. The molecule has 2 aliphatic heterocycles. The number of aromatic nitrogens is 1. The Kier molecular flexibility index (Phi) is 5.41. The Labute approximate surface area is 171 Å². The number of benzene rings is 1. The van der Waals surface area contributed by atoms with E-state index in [1.54, 1.807) is 0 Å². The second-order valence-corrected chi connectivity index (χ2v) is 8.12. The van der Waals surface area contributed by atoms with Gasteiger partial charge in [-0.3, -0.25) is 14.5 Å². The van der Waals surface area contributed by atoms with Gasteiger partial charge in [-0.05, 0) is 39.3 Å². The molecule has 2 saturated heterocycles. The Hall–Kier alpha value is -2.67. The summed E-state index contributed by atoms with van der Waals surface area (Å²) in [7, 11) is 0. The highest BCUT2D eigenvalue weighted by molar-refractivity contribution is 5.94. The molecule has 2 aromatic rings. The van der Waals surface area contributed by atoms with Crippen LogP contribution in [0.5, 0.6) is 0 Å². The van der Waals surface area contributed by atoms with Crippen LogP contribution < -0.4 is 5.32 Å². The van der Waals surface area contributed by atoms with E-state index in [4.69, 9.17) is 4.52 Å². The number of piperazine rings is 1. The van der Waals surface area contributed by atoms with Crippen LogP contribution in [0.1, 0.15) is 46.6 Å². The van der Waals surface area contributed by atoms with E-state index in [1.165, 1.54) is 0 Å². The number of amides is 2. The molecule has 0 saturated carbocycles. The topological polar surface area (TPSA) is 78.7 Å². The van der Waals surface area contributed by atoms with Crippen molar-refractivity contribution in [2.24, 2.45) is 0 Å². The molecule has 2 amide bonds. The maximum atomic E-state index is 13.0. The number of aryl methyl sites for hydroxylation is 2. The first-order valence-corrected chi connectivity index (χ1v) is 10.3. The minimum absolute atomic E-state index is 0.0401. The fourth-order valence-electron chi connectivity index (χ4n) is 4.65. The summed E-state index contributed by atoms with van der Waals surface area (Å²) in [5.74, 6) is 0.405. The second kappa shape index (κ2) is 7.99. The van der Waals surface area contributed by atoms with E-state index >= 15 is 0 Å². The summed E-state index contributed by atoms with van der Waals surface area (Å²) in [5.41, 5.74) is 2.33. The molecule has 7 nitrogen and oxygen atoms in total. The van der Waals surface area contributed by atoms with Crippen molar-refractivity contribution >= 4 is 11.8 Å². The molecule has 2 bridgehead atoms. The molecule has 1 aromatic carbocycles. The van der Waals surface area contributed by atoms with Gasteiger partial charge < -0.3 is 14.7 Å². The lowest BCUT2D eigenvalue weighted by atomic mass is 9.98. The number of hydrogen-bond donors (Lipinski definition) is 1. The molecule has 29 heavy (non-hydrogen) atoms. The number of hydrogen-bond acceptors (Lipinski definition) is 5. The minimum Gasteiger partial charge on any atom is -0.361 e. The summed E-state index contributed by atoms with van der Waals surface area (Å²) in [6, 6.07) is 9.83. The van der Waals surface area contributed by atoms with Gasteiger partial charge in [-0.25, -0.2) is 0 Å². The van der Waals surface area contributed by atoms with Crippen molar-refractivity contribution in [2.45, 2.75) is 45.2 Å². The van der Waals surface area contributed by atoms with E-state index in [2.05, 4.69) is 15.4 Å². The van der Waals surface area contributed by atoms with Gasteiger partial charge in [-0.2, -0.15) is 0 Å². The number of fused-ring (bicyclic) bond motifs is 2. The Morgan fingerprint density at radius 2 is 2.00 bits per heavy atom. The van der Waals surface area contributed by atoms with Gasteiger partial charge in [-0.1, -0.05) is 23.4 Å². The van der Waals surface area contributed by atoms with E-state index in [0.29, 0.717) is 18.8 Å². The van der Waals surface area contributed by atoms with Crippen molar-refractivity contribution in [3.63, 3.8) is 0 Å². The molecule has 7 heteroatoms. The van der Waals surface area contributed by atoms with Crippen LogP contribution >= 0.6 is 0 Å². The van der Waals surface area contributed by atoms with Gasteiger partial charge in [0.25, 0.3) is 5.91 Å². The van der Waals surface area contributed by atoms with E-state index in [0.717, 1.165) is 36.3 Å². The van der Waals surface area contributed by atoms with E-state index in [9.17, 15) is 9.59 Å². The number of nitrogens with one attached hydrogen (secondary N) is 1. The normalized spacial score (nSPS) is 24.4. The zero-order valence-corrected chi connectivity index (χ0v) is 17.2. The Morgan fingerprint density at radius 1 is 1.24 bits per heavy atom. The van der Waals surface area contributed by atoms with E-state index < -0.39 is 0 Å². The summed E-state index contributed by atoms with van der Waals surface area (Å²) < 4.78 is 5.20. The van der Waals surface area contributed by atoms with Crippen molar-refractivity contribution in [1.82, 2.24) is 20.3 Å². The average Bonchev–Trinajstić information content (AvgIpc) is 3.30. The van der Waals surface area contributed by atoms with Gasteiger partial charge in [0, 0.05) is 49.4 Å². The predicted molar refractivity (Wildman–Crippen MR) is 109 cm³/mol. The first-order valence-electron chi connectivity index (χ1n) is 10.3. The van der Waals surface area contributed by atoms with Crippen LogP contribution in [0.2, 0.25) is 0 Å². The molecular formula is C22H28N4O3. The SMILES string of the molecule is Cc1noc(C)c1[C@H](C)C(=O)NC[C@@H]1CN(C(=O)c2ccccc2)[C@H]2CCN1C2. The first-order chi connectivity index (χ1) is 14.0. The third-order valence-electron chi connectivity index (χ3n) is 6.27. The van der Waals surface area contributed by atoms with Crippen LogP contribution in [0, 0.1) is 13.8 Å². The van der Waals surface area contributed by atoms with Crippen molar-refractivity contribution in [1.29, 1.82) is 0 Å². The number of rotatable bonds is 5. The molecule has 154 valence electrons. The smallest absolute Gasteiger partial charge is 0.254 e. The maximum Gasteiger partial charge on any atom is 0.254 e. The molecule has 4 atom stereocenters. The highest BCUT2D eigenvalue weighted by atomic mass is 16.5. The van der Waals surface area contributed by atoms with Crippen LogP contribution in [-0.4, -0.2) is 65.0 Å². The van der Waals surface area contributed by atoms with Gasteiger partial charge in [0.2, 0.25) is 5.91 Å². The van der Waals surface area contributed by atoms with Crippen molar-refractivity contribution < 1.29 is 14.1 Å². The summed E-state index contributed by atoms with van der Waals surface area (Å²) in [4.78, 5) is 30.1. The molecule has 2 fully saturated rings. The average molecular weight is 396 g/mol. The fraction of sp³-hybridized carbons (Fsp3) is 0.500. The monoisotopic (exact) mass is 396 g/mol. The minimum atomic E-state index is -0.321. The zero-order valence-electron chi connectivity index (χ0n) is 17.2.